The van der Waals surface area contributed by atoms with Crippen molar-refractivity contribution in [2.24, 2.45) is 0 Å². The molecule has 0 spiro atoms. The van der Waals surface area contributed by atoms with Crippen LogP contribution in [0.3, 0.4) is 0 Å². The molecule has 2 aromatic carbocycles. The third-order valence-corrected chi connectivity index (χ3v) is 4.52. The molecule has 3 aromatic rings. The zero-order valence-electron chi connectivity index (χ0n) is 15.5. The van der Waals surface area contributed by atoms with Crippen LogP contribution in [0.1, 0.15) is 22.5 Å². The maximum Gasteiger partial charge on any atom is 0.587 e. The van der Waals surface area contributed by atoms with Crippen molar-refractivity contribution in [3.8, 4) is 0 Å². The molecule has 0 saturated carbocycles. The summed E-state index contributed by atoms with van der Waals surface area (Å²) in [7, 11) is 6.26. The summed E-state index contributed by atoms with van der Waals surface area (Å²) in [5.74, 6) is 0. The van der Waals surface area contributed by atoms with Crippen LogP contribution in [0.4, 0.5) is 0 Å². The molecule has 28 heavy (non-hydrogen) atoms. The molecule has 1 aliphatic rings. The molecule has 0 aliphatic carbocycles. The highest BCUT2D eigenvalue weighted by atomic mass is 14.9. The Balaban J connectivity index is 1.48. The van der Waals surface area contributed by atoms with E-state index in [0.717, 1.165) is 28.4 Å². The summed E-state index contributed by atoms with van der Waals surface area (Å²) >= 11 is 0. The maximum atomic E-state index is 6.26. The second kappa shape index (κ2) is 8.40. The average molecular weight is 359 g/mol. The molecule has 2 radical (unpaired) electrons. The predicted molar refractivity (Wildman–Crippen MR) is 120 cm³/mol. The number of benzene rings is 2. The quantitative estimate of drug-likeness (QED) is 0.593. The minimum absolute atomic E-state index is 0.938. The van der Waals surface area contributed by atoms with Crippen LogP contribution < -0.4 is 0 Å². The third kappa shape index (κ3) is 4.39. The van der Waals surface area contributed by atoms with E-state index in [1.165, 1.54) is 5.56 Å². The van der Waals surface area contributed by atoms with Crippen molar-refractivity contribution in [1.82, 2.24) is 4.98 Å². The Morgan fingerprint density at radius 3 is 1.93 bits per heavy atom. The SMILES string of the molecule is [B][N+]1=C(/C=C/c2ccccc2)C=C/C1=C/c1ccc(/C=C/c2ccccc2)[nH]1. The summed E-state index contributed by atoms with van der Waals surface area (Å²) in [5, 5.41) is 0. The lowest BCUT2D eigenvalue weighted by Crippen LogP contribution is -2.08. The van der Waals surface area contributed by atoms with E-state index in [1.54, 1.807) is 4.49 Å². The van der Waals surface area contributed by atoms with Gasteiger partial charge >= 0.3 is 7.98 Å². The van der Waals surface area contributed by atoms with Gasteiger partial charge in [-0.2, -0.15) is 0 Å². The molecule has 4 rings (SSSR count). The fraction of sp³-hybridized carbons (Fsp3) is 0. The van der Waals surface area contributed by atoms with Crippen LogP contribution in [-0.4, -0.2) is 23.2 Å². The van der Waals surface area contributed by atoms with Crippen molar-refractivity contribution >= 4 is 38.0 Å². The van der Waals surface area contributed by atoms with Crippen LogP contribution in [0.15, 0.2) is 96.7 Å². The largest absolute Gasteiger partial charge is 0.587 e. The number of aromatic amines is 1. The number of nitrogens with one attached hydrogen (secondary N) is 1. The van der Waals surface area contributed by atoms with Gasteiger partial charge in [0.2, 0.25) is 0 Å². The fourth-order valence-corrected chi connectivity index (χ4v) is 3.00. The van der Waals surface area contributed by atoms with Gasteiger partial charge in [0.1, 0.15) is 0 Å². The first-order valence-corrected chi connectivity index (χ1v) is 9.25. The average Bonchev–Trinajstić information content (AvgIpc) is 3.33. The lowest BCUT2D eigenvalue weighted by Gasteiger charge is -1.95. The summed E-state index contributed by atoms with van der Waals surface area (Å²) in [6.07, 6.45) is 14.3. The van der Waals surface area contributed by atoms with Crippen LogP contribution in [0.2, 0.25) is 0 Å². The molecule has 3 heteroatoms. The van der Waals surface area contributed by atoms with E-state index in [4.69, 9.17) is 7.98 Å². The van der Waals surface area contributed by atoms with E-state index in [-0.39, 0.29) is 0 Å². The van der Waals surface area contributed by atoms with Gasteiger partial charge in [-0.25, -0.2) is 0 Å². The molecule has 1 N–H and O–H groups in total. The number of hydrogen-bond acceptors (Lipinski definition) is 0. The Morgan fingerprint density at radius 2 is 1.25 bits per heavy atom. The summed E-state index contributed by atoms with van der Waals surface area (Å²) in [6.45, 7) is 0. The molecule has 0 atom stereocenters. The summed E-state index contributed by atoms with van der Waals surface area (Å²) in [5.41, 5.74) is 6.27. The van der Waals surface area contributed by atoms with Crippen LogP contribution >= 0.6 is 0 Å². The second-order valence-electron chi connectivity index (χ2n) is 6.55. The Hall–Kier alpha value is -3.59. The number of hydrogen-bond donors (Lipinski definition) is 1. The molecule has 0 amide bonds. The van der Waals surface area contributed by atoms with Crippen LogP contribution in [0, 0.1) is 0 Å². The van der Waals surface area contributed by atoms with Crippen molar-refractivity contribution in [1.29, 1.82) is 0 Å². The molecule has 0 bridgehead atoms. The standard InChI is InChI=1S/C25H20BN2/c26-28-24(16-12-21-9-5-2-6-10-21)17-18-25(28)19-23-15-14-22(27-23)13-11-20-7-3-1-4-8-20/h1-19,27H/q+1/b13-11+,16-12+. The summed E-state index contributed by atoms with van der Waals surface area (Å²) < 4.78 is 1.69. The van der Waals surface area contributed by atoms with Gasteiger partial charge in [-0.15, -0.1) is 0 Å². The minimum Gasteiger partial charge on any atom is -0.355 e. The molecule has 1 aliphatic heterocycles. The number of aromatic nitrogens is 1. The Morgan fingerprint density at radius 1 is 0.643 bits per heavy atom. The maximum absolute atomic E-state index is 6.26. The number of rotatable bonds is 5. The third-order valence-electron chi connectivity index (χ3n) is 4.52. The monoisotopic (exact) mass is 359 g/mol. The van der Waals surface area contributed by atoms with E-state index in [1.807, 2.05) is 60.7 Å². The van der Waals surface area contributed by atoms with E-state index in [2.05, 4.69) is 59.6 Å². The molecule has 0 fully saturated rings. The second-order valence-corrected chi connectivity index (χ2v) is 6.55. The first-order valence-electron chi connectivity index (χ1n) is 9.25. The van der Waals surface area contributed by atoms with Gasteiger partial charge in [-0.05, 0) is 35.4 Å². The highest BCUT2D eigenvalue weighted by molar-refractivity contribution is 6.12. The normalized spacial score (nSPS) is 15.5. The first kappa shape index (κ1) is 17.8. The lowest BCUT2D eigenvalue weighted by atomic mass is 10.2. The number of H-pyrrole nitrogens is 1. The molecule has 2 nitrogen and oxygen atoms in total. The van der Waals surface area contributed by atoms with Crippen molar-refractivity contribution < 1.29 is 4.49 Å². The smallest absolute Gasteiger partial charge is 0.355 e. The van der Waals surface area contributed by atoms with Gasteiger partial charge in [-0.3, -0.25) is 4.49 Å². The van der Waals surface area contributed by atoms with Crippen LogP contribution in [0.5, 0.6) is 0 Å². The van der Waals surface area contributed by atoms with E-state index in [9.17, 15) is 0 Å². The number of allylic oxidation sites excluding steroid dienone is 3. The van der Waals surface area contributed by atoms with E-state index >= 15 is 0 Å². The van der Waals surface area contributed by atoms with Gasteiger partial charge in [0.25, 0.3) is 0 Å². The van der Waals surface area contributed by atoms with Gasteiger partial charge in [-0.1, -0.05) is 66.7 Å². The van der Waals surface area contributed by atoms with Gasteiger partial charge in [0.15, 0.2) is 11.4 Å². The van der Waals surface area contributed by atoms with Gasteiger partial charge in [0.05, 0.1) is 0 Å². The highest BCUT2D eigenvalue weighted by Gasteiger charge is 2.16. The van der Waals surface area contributed by atoms with E-state index in [0.29, 0.717) is 0 Å². The number of nitrogens with zero attached hydrogens (tertiary/aromatic N) is 1. The lowest BCUT2D eigenvalue weighted by molar-refractivity contribution is -0.297. The zero-order valence-corrected chi connectivity index (χ0v) is 15.5. The molecule has 0 unspecified atom stereocenters. The van der Waals surface area contributed by atoms with Gasteiger partial charge < -0.3 is 4.98 Å². The van der Waals surface area contributed by atoms with Crippen molar-refractivity contribution in [2.75, 3.05) is 0 Å². The zero-order chi connectivity index (χ0) is 19.2. The Kier molecular flexibility index (Phi) is 5.35. The predicted octanol–water partition coefficient (Wildman–Crippen LogP) is 5.35. The molecule has 0 saturated heterocycles. The Bertz CT molecular complexity index is 1100. The van der Waals surface area contributed by atoms with Gasteiger partial charge in [0, 0.05) is 35.7 Å². The molecular weight excluding hydrogens is 339 g/mol. The molecule has 2 heterocycles. The highest BCUT2D eigenvalue weighted by Crippen LogP contribution is 2.15. The van der Waals surface area contributed by atoms with Crippen LogP contribution in [0.25, 0.3) is 24.3 Å². The van der Waals surface area contributed by atoms with Crippen molar-refractivity contribution in [2.45, 2.75) is 0 Å². The Labute approximate surface area is 167 Å². The molecular formula is C25H20BN2+. The summed E-state index contributed by atoms with van der Waals surface area (Å²) in [4.78, 5) is 3.40. The minimum atomic E-state index is 0.938. The van der Waals surface area contributed by atoms with Crippen molar-refractivity contribution in [3.05, 3.63) is 119 Å². The first-order chi connectivity index (χ1) is 13.8. The topological polar surface area (TPSA) is 18.8 Å². The van der Waals surface area contributed by atoms with Crippen LogP contribution in [-0.2, 0) is 0 Å². The summed E-state index contributed by atoms with van der Waals surface area (Å²) in [6, 6.07) is 24.6. The van der Waals surface area contributed by atoms with Crippen molar-refractivity contribution in [3.63, 3.8) is 0 Å². The molecule has 1 aromatic heterocycles. The molecule has 132 valence electrons. The fourth-order valence-electron chi connectivity index (χ4n) is 3.00. The van der Waals surface area contributed by atoms with E-state index < -0.39 is 0 Å².